The van der Waals surface area contributed by atoms with Crippen LogP contribution in [0.15, 0.2) is 127 Å². The molecule has 1 fully saturated rings. The van der Waals surface area contributed by atoms with Crippen molar-refractivity contribution in [2.75, 3.05) is 4.90 Å². The number of amides is 2. The Hall–Kier alpha value is -4.44. The Morgan fingerprint density at radius 1 is 0.500 bits per heavy atom. The van der Waals surface area contributed by atoms with Crippen molar-refractivity contribution in [2.24, 2.45) is 11.8 Å². The number of carbonyl (C=O) groups excluding carboxylic acids is 2. The van der Waals surface area contributed by atoms with Crippen LogP contribution in [-0.2, 0) is 9.59 Å². The van der Waals surface area contributed by atoms with Crippen molar-refractivity contribution in [3.8, 4) is 11.5 Å². The molecule has 1 aliphatic carbocycles. The number of nitrogens with zero attached hydrogens (tertiary/aromatic N) is 1. The van der Waals surface area contributed by atoms with Crippen molar-refractivity contribution in [3.05, 3.63) is 139 Å². The molecule has 0 spiro atoms. The van der Waals surface area contributed by atoms with Crippen LogP contribution in [0.3, 0.4) is 0 Å². The maximum absolute atomic E-state index is 13.9. The van der Waals surface area contributed by atoms with Crippen molar-refractivity contribution in [1.29, 1.82) is 0 Å². The number of imide groups is 1. The summed E-state index contributed by atoms with van der Waals surface area (Å²) >= 11 is 0. The largest absolute Gasteiger partial charge is 0.457 e. The number of hydrogen-bond acceptors (Lipinski definition) is 3. The highest BCUT2D eigenvalue weighted by Gasteiger charge is 2.55. The van der Waals surface area contributed by atoms with Gasteiger partial charge in [-0.05, 0) is 47.5 Å². The molecule has 0 bridgehead atoms. The topological polar surface area (TPSA) is 46.6 Å². The SMILES string of the molecule is O=C1[C@H]2[C@H](C(=O)N1c1ccc(Oc3ccccc3)cc1)[C@H](c1ccccc1)C=C[C@H]2c1ccccc1. The molecule has 4 aromatic rings. The molecule has 1 aliphatic heterocycles. The summed E-state index contributed by atoms with van der Waals surface area (Å²) in [5.41, 5.74) is 2.66. The molecule has 4 heteroatoms. The van der Waals surface area contributed by atoms with Gasteiger partial charge in [0.25, 0.3) is 0 Å². The van der Waals surface area contributed by atoms with E-state index < -0.39 is 11.8 Å². The maximum atomic E-state index is 13.9. The van der Waals surface area contributed by atoms with E-state index >= 15 is 0 Å². The zero-order valence-corrected chi connectivity index (χ0v) is 19.6. The third kappa shape index (κ3) is 3.91. The number of para-hydroxylation sites is 1. The molecule has 0 unspecified atom stereocenters. The molecule has 0 saturated carbocycles. The van der Waals surface area contributed by atoms with E-state index in [0.717, 1.165) is 16.9 Å². The van der Waals surface area contributed by atoms with Gasteiger partial charge in [-0.2, -0.15) is 0 Å². The molecule has 4 atom stereocenters. The Kier molecular flexibility index (Phi) is 5.70. The Bertz CT molecular complexity index is 1330. The monoisotopic (exact) mass is 471 g/mol. The Morgan fingerprint density at radius 3 is 1.39 bits per heavy atom. The predicted octanol–water partition coefficient (Wildman–Crippen LogP) is 6.72. The fourth-order valence-corrected chi connectivity index (χ4v) is 5.48. The van der Waals surface area contributed by atoms with E-state index in [0.29, 0.717) is 11.4 Å². The van der Waals surface area contributed by atoms with Gasteiger partial charge in [0.15, 0.2) is 0 Å². The second-order valence-corrected chi connectivity index (χ2v) is 9.23. The first-order valence-corrected chi connectivity index (χ1v) is 12.2. The van der Waals surface area contributed by atoms with Crippen LogP contribution in [0.5, 0.6) is 11.5 Å². The summed E-state index contributed by atoms with van der Waals surface area (Å²) in [5.74, 6) is -0.163. The fourth-order valence-electron chi connectivity index (χ4n) is 5.48. The molecule has 176 valence electrons. The predicted molar refractivity (Wildman–Crippen MR) is 140 cm³/mol. The molecular formula is C32H25NO3. The highest BCUT2D eigenvalue weighted by molar-refractivity contribution is 6.23. The molecule has 6 rings (SSSR count). The first-order valence-electron chi connectivity index (χ1n) is 12.2. The standard InChI is InChI=1S/C32H25NO3/c34-31-29-27(22-10-4-1-5-11-22)20-21-28(23-12-6-2-7-13-23)30(29)32(35)33(31)24-16-18-26(19-17-24)36-25-14-8-3-9-15-25/h1-21,27-30H/t27-,28-,29+,30+/m0/s1. The summed E-state index contributed by atoms with van der Waals surface area (Å²) in [4.78, 5) is 29.2. The fraction of sp³-hybridized carbons (Fsp3) is 0.125. The van der Waals surface area contributed by atoms with Crippen molar-refractivity contribution in [1.82, 2.24) is 0 Å². The number of ether oxygens (including phenoxy) is 1. The third-order valence-corrected chi connectivity index (χ3v) is 7.14. The number of allylic oxidation sites excluding steroid dienone is 2. The second-order valence-electron chi connectivity index (χ2n) is 9.23. The van der Waals surface area contributed by atoms with Gasteiger partial charge in [0.1, 0.15) is 11.5 Å². The highest BCUT2D eigenvalue weighted by Crippen LogP contribution is 2.50. The van der Waals surface area contributed by atoms with Crippen LogP contribution in [0, 0.1) is 11.8 Å². The van der Waals surface area contributed by atoms with Crippen LogP contribution in [0.25, 0.3) is 0 Å². The molecule has 4 nitrogen and oxygen atoms in total. The number of fused-ring (bicyclic) bond motifs is 1. The molecule has 1 heterocycles. The van der Waals surface area contributed by atoms with Crippen molar-refractivity contribution in [2.45, 2.75) is 11.8 Å². The molecule has 2 aliphatic rings. The maximum Gasteiger partial charge on any atom is 0.238 e. The second kappa shape index (κ2) is 9.31. The van der Waals surface area contributed by atoms with Gasteiger partial charge >= 0.3 is 0 Å². The Labute approximate surface area is 210 Å². The molecule has 0 aromatic heterocycles. The summed E-state index contributed by atoms with van der Waals surface area (Å²) in [6.07, 6.45) is 4.22. The van der Waals surface area contributed by atoms with Gasteiger partial charge in [0, 0.05) is 11.8 Å². The lowest BCUT2D eigenvalue weighted by atomic mass is 9.68. The summed E-state index contributed by atoms with van der Waals surface area (Å²) in [5, 5.41) is 0. The Balaban J connectivity index is 1.36. The van der Waals surface area contributed by atoms with Crippen molar-refractivity contribution in [3.63, 3.8) is 0 Å². The summed E-state index contributed by atoms with van der Waals surface area (Å²) in [6.45, 7) is 0. The average molecular weight is 472 g/mol. The van der Waals surface area contributed by atoms with Crippen molar-refractivity contribution >= 4 is 17.5 Å². The first kappa shape index (κ1) is 22.1. The number of anilines is 1. The van der Waals surface area contributed by atoms with Crippen LogP contribution in [0.4, 0.5) is 5.69 Å². The summed E-state index contributed by atoms with van der Waals surface area (Å²) < 4.78 is 5.90. The third-order valence-electron chi connectivity index (χ3n) is 7.14. The van der Waals surface area contributed by atoms with E-state index in [1.807, 2.05) is 91.0 Å². The van der Waals surface area contributed by atoms with E-state index in [1.54, 1.807) is 24.3 Å². The quantitative estimate of drug-likeness (QED) is 0.240. The van der Waals surface area contributed by atoms with Crippen molar-refractivity contribution < 1.29 is 14.3 Å². The van der Waals surface area contributed by atoms with Crippen LogP contribution >= 0.6 is 0 Å². The number of rotatable bonds is 5. The number of benzene rings is 4. The summed E-state index contributed by atoms with van der Waals surface area (Å²) in [6, 6.07) is 36.7. The van der Waals surface area contributed by atoms with Gasteiger partial charge in [-0.1, -0.05) is 91.0 Å². The van der Waals surface area contributed by atoms with Gasteiger partial charge in [-0.25, -0.2) is 4.90 Å². The minimum atomic E-state index is -0.463. The number of carbonyl (C=O) groups is 2. The zero-order valence-electron chi connectivity index (χ0n) is 19.6. The van der Waals surface area contributed by atoms with E-state index in [-0.39, 0.29) is 23.7 Å². The van der Waals surface area contributed by atoms with Crippen LogP contribution < -0.4 is 9.64 Å². The molecule has 4 aromatic carbocycles. The number of hydrogen-bond donors (Lipinski definition) is 0. The lowest BCUT2D eigenvalue weighted by molar-refractivity contribution is -0.122. The molecular weight excluding hydrogens is 446 g/mol. The van der Waals surface area contributed by atoms with E-state index in [9.17, 15) is 9.59 Å². The lowest BCUT2D eigenvalue weighted by Crippen LogP contribution is -2.31. The Morgan fingerprint density at radius 2 is 0.917 bits per heavy atom. The van der Waals surface area contributed by atoms with E-state index in [2.05, 4.69) is 12.2 Å². The smallest absolute Gasteiger partial charge is 0.238 e. The van der Waals surface area contributed by atoms with Gasteiger partial charge in [0.2, 0.25) is 11.8 Å². The first-order chi connectivity index (χ1) is 17.7. The molecule has 36 heavy (non-hydrogen) atoms. The molecule has 0 N–H and O–H groups in total. The molecule has 0 radical (unpaired) electrons. The highest BCUT2D eigenvalue weighted by atomic mass is 16.5. The minimum absolute atomic E-state index is 0.152. The van der Waals surface area contributed by atoms with Crippen LogP contribution in [0.1, 0.15) is 23.0 Å². The zero-order chi connectivity index (χ0) is 24.5. The van der Waals surface area contributed by atoms with Gasteiger partial charge < -0.3 is 4.74 Å². The van der Waals surface area contributed by atoms with Crippen LogP contribution in [0.2, 0.25) is 0 Å². The minimum Gasteiger partial charge on any atom is -0.457 e. The average Bonchev–Trinajstić information content (AvgIpc) is 3.20. The van der Waals surface area contributed by atoms with E-state index in [1.165, 1.54) is 4.90 Å². The van der Waals surface area contributed by atoms with Crippen LogP contribution in [-0.4, -0.2) is 11.8 Å². The normalized spacial score (nSPS) is 22.9. The van der Waals surface area contributed by atoms with Gasteiger partial charge in [0.05, 0.1) is 17.5 Å². The summed E-state index contributed by atoms with van der Waals surface area (Å²) in [7, 11) is 0. The van der Waals surface area contributed by atoms with Gasteiger partial charge in [-0.15, -0.1) is 0 Å². The molecule has 1 saturated heterocycles. The van der Waals surface area contributed by atoms with Gasteiger partial charge in [-0.3, -0.25) is 9.59 Å². The molecule has 2 amide bonds. The lowest BCUT2D eigenvalue weighted by Gasteiger charge is -2.32. The van der Waals surface area contributed by atoms with E-state index in [4.69, 9.17) is 4.74 Å².